The Bertz CT molecular complexity index is 496. The van der Waals surface area contributed by atoms with E-state index in [9.17, 15) is 13.6 Å². The van der Waals surface area contributed by atoms with E-state index < -0.39 is 18.2 Å². The van der Waals surface area contributed by atoms with E-state index in [1.807, 2.05) is 0 Å². The van der Waals surface area contributed by atoms with Crippen LogP contribution in [0.2, 0.25) is 0 Å². The first-order chi connectivity index (χ1) is 9.42. The highest BCUT2D eigenvalue weighted by molar-refractivity contribution is 5.87. The normalized spacial score (nSPS) is 17.4. The predicted molar refractivity (Wildman–Crippen MR) is 77.6 cm³/mol. The molecule has 21 heavy (non-hydrogen) atoms. The molecular formula is C14H19ClF2N2O2. The van der Waals surface area contributed by atoms with Crippen LogP contribution in [0.4, 0.5) is 8.78 Å². The van der Waals surface area contributed by atoms with Crippen LogP contribution in [0, 0.1) is 0 Å². The van der Waals surface area contributed by atoms with E-state index in [0.29, 0.717) is 18.4 Å². The summed E-state index contributed by atoms with van der Waals surface area (Å²) in [4.78, 5) is 12.0. The van der Waals surface area contributed by atoms with Gasteiger partial charge in [0.15, 0.2) is 0 Å². The average molecular weight is 321 g/mol. The number of alkyl halides is 2. The molecule has 118 valence electrons. The van der Waals surface area contributed by atoms with Crippen LogP contribution in [0.25, 0.3) is 0 Å². The van der Waals surface area contributed by atoms with E-state index in [-0.39, 0.29) is 24.1 Å². The van der Waals surface area contributed by atoms with E-state index >= 15 is 0 Å². The lowest BCUT2D eigenvalue weighted by Gasteiger charge is -2.37. The van der Waals surface area contributed by atoms with Gasteiger partial charge in [0, 0.05) is 5.56 Å². The van der Waals surface area contributed by atoms with E-state index in [1.165, 1.54) is 6.07 Å². The summed E-state index contributed by atoms with van der Waals surface area (Å²) >= 11 is 0. The number of amides is 1. The van der Waals surface area contributed by atoms with E-state index in [4.69, 9.17) is 5.73 Å². The number of halogens is 3. The third-order valence-electron chi connectivity index (χ3n) is 3.65. The predicted octanol–water partition coefficient (Wildman–Crippen LogP) is 2.77. The fraction of sp³-hybridized carbons (Fsp3) is 0.500. The smallest absolute Gasteiger partial charge is 0.387 e. The van der Waals surface area contributed by atoms with Gasteiger partial charge >= 0.3 is 6.61 Å². The highest BCUT2D eigenvalue weighted by Crippen LogP contribution is 2.31. The molecule has 1 aliphatic rings. The lowest BCUT2D eigenvalue weighted by Crippen LogP contribution is -2.58. The molecule has 0 aliphatic heterocycles. The van der Waals surface area contributed by atoms with Gasteiger partial charge in [-0.2, -0.15) is 8.78 Å². The number of benzene rings is 1. The molecule has 1 saturated carbocycles. The van der Waals surface area contributed by atoms with E-state index in [1.54, 1.807) is 25.1 Å². The van der Waals surface area contributed by atoms with Gasteiger partial charge in [-0.1, -0.05) is 18.2 Å². The van der Waals surface area contributed by atoms with Crippen molar-refractivity contribution in [3.05, 3.63) is 29.8 Å². The number of carbonyl (C=O) groups is 1. The van der Waals surface area contributed by atoms with Gasteiger partial charge in [0.1, 0.15) is 5.75 Å². The second-order valence-electron chi connectivity index (χ2n) is 5.12. The standard InChI is InChI=1S/C14H18F2N2O2.ClH/c1-9(18-12(19)14(17)7-4-8-14)10-5-2-3-6-11(10)20-13(15)16;/h2-3,5-6,9,13H,4,7-8,17H2,1H3,(H,18,19);1H. The molecular weight excluding hydrogens is 302 g/mol. The number of nitrogens with two attached hydrogens (primary N) is 1. The van der Waals surface area contributed by atoms with Crippen molar-refractivity contribution in [1.29, 1.82) is 0 Å². The first-order valence-electron chi connectivity index (χ1n) is 6.56. The number of carbonyl (C=O) groups excluding carboxylic acids is 1. The van der Waals surface area contributed by atoms with Crippen LogP contribution in [0.1, 0.15) is 37.8 Å². The Kier molecular flexibility index (Phi) is 5.92. The fourth-order valence-corrected chi connectivity index (χ4v) is 2.24. The summed E-state index contributed by atoms with van der Waals surface area (Å²) in [6, 6.07) is 5.96. The van der Waals surface area contributed by atoms with Crippen LogP contribution in [-0.4, -0.2) is 18.1 Å². The van der Waals surface area contributed by atoms with Crippen molar-refractivity contribution in [2.75, 3.05) is 0 Å². The minimum atomic E-state index is -2.90. The molecule has 3 N–H and O–H groups in total. The highest BCUT2D eigenvalue weighted by atomic mass is 35.5. The van der Waals surface area contributed by atoms with Crippen molar-refractivity contribution in [2.45, 2.75) is 44.4 Å². The summed E-state index contributed by atoms with van der Waals surface area (Å²) in [6.45, 7) is -1.18. The quantitative estimate of drug-likeness (QED) is 0.877. The van der Waals surface area contributed by atoms with Gasteiger partial charge in [0.05, 0.1) is 11.6 Å². The Labute approximate surface area is 128 Å². The molecule has 0 bridgehead atoms. The van der Waals surface area contributed by atoms with Gasteiger partial charge in [0.25, 0.3) is 0 Å². The zero-order chi connectivity index (χ0) is 14.8. The fourth-order valence-electron chi connectivity index (χ4n) is 2.24. The number of rotatable bonds is 5. The van der Waals surface area contributed by atoms with Crippen molar-refractivity contribution >= 4 is 18.3 Å². The maximum Gasteiger partial charge on any atom is 0.387 e. The van der Waals surface area contributed by atoms with Crippen molar-refractivity contribution in [3.8, 4) is 5.75 Å². The Balaban J connectivity index is 0.00000220. The first-order valence-corrected chi connectivity index (χ1v) is 6.56. The third kappa shape index (κ3) is 4.04. The van der Waals surface area contributed by atoms with Crippen molar-refractivity contribution in [2.24, 2.45) is 5.73 Å². The molecule has 1 aliphatic carbocycles. The van der Waals surface area contributed by atoms with Crippen LogP contribution in [0.3, 0.4) is 0 Å². The minimum Gasteiger partial charge on any atom is -0.434 e. The number of para-hydroxylation sites is 1. The molecule has 0 saturated heterocycles. The Morgan fingerprint density at radius 1 is 1.38 bits per heavy atom. The highest BCUT2D eigenvalue weighted by Gasteiger charge is 2.40. The van der Waals surface area contributed by atoms with Gasteiger partial charge in [-0.3, -0.25) is 4.79 Å². The Morgan fingerprint density at radius 3 is 2.52 bits per heavy atom. The molecule has 4 nitrogen and oxygen atoms in total. The van der Waals surface area contributed by atoms with Gasteiger partial charge in [-0.25, -0.2) is 0 Å². The zero-order valence-electron chi connectivity index (χ0n) is 11.6. The van der Waals surface area contributed by atoms with Crippen LogP contribution in [0.5, 0.6) is 5.75 Å². The summed E-state index contributed by atoms with van der Waals surface area (Å²) in [5, 5.41) is 2.76. The van der Waals surface area contributed by atoms with Crippen molar-refractivity contribution in [1.82, 2.24) is 5.32 Å². The maximum absolute atomic E-state index is 12.3. The van der Waals surface area contributed by atoms with Crippen LogP contribution in [-0.2, 0) is 4.79 Å². The SMILES string of the molecule is CC(NC(=O)C1(N)CCC1)c1ccccc1OC(F)F.Cl. The molecule has 1 fully saturated rings. The summed E-state index contributed by atoms with van der Waals surface area (Å²) in [6.07, 6.45) is 2.24. The van der Waals surface area contributed by atoms with E-state index in [2.05, 4.69) is 10.1 Å². The lowest BCUT2D eigenvalue weighted by molar-refractivity contribution is -0.129. The second kappa shape index (κ2) is 7.04. The largest absolute Gasteiger partial charge is 0.434 e. The third-order valence-corrected chi connectivity index (χ3v) is 3.65. The molecule has 1 atom stereocenters. The second-order valence-corrected chi connectivity index (χ2v) is 5.12. The van der Waals surface area contributed by atoms with Crippen LogP contribution < -0.4 is 15.8 Å². The number of ether oxygens (including phenoxy) is 1. The van der Waals surface area contributed by atoms with Gasteiger partial charge < -0.3 is 15.8 Å². The summed E-state index contributed by atoms with van der Waals surface area (Å²) < 4.78 is 29.2. The molecule has 1 aromatic carbocycles. The molecule has 1 unspecified atom stereocenters. The van der Waals surface area contributed by atoms with Gasteiger partial charge in [-0.15, -0.1) is 12.4 Å². The molecule has 1 aromatic rings. The Hall–Kier alpha value is -1.40. The summed E-state index contributed by atoms with van der Waals surface area (Å²) in [5.74, 6) is -0.182. The van der Waals surface area contributed by atoms with Crippen LogP contribution >= 0.6 is 12.4 Å². The zero-order valence-corrected chi connectivity index (χ0v) is 12.5. The number of hydrogen-bond acceptors (Lipinski definition) is 3. The number of hydrogen-bond donors (Lipinski definition) is 2. The molecule has 7 heteroatoms. The summed E-state index contributed by atoms with van der Waals surface area (Å²) in [5.41, 5.74) is 5.62. The van der Waals surface area contributed by atoms with E-state index in [0.717, 1.165) is 6.42 Å². The monoisotopic (exact) mass is 320 g/mol. The topological polar surface area (TPSA) is 64.4 Å². The minimum absolute atomic E-state index is 0. The van der Waals surface area contributed by atoms with Crippen molar-refractivity contribution < 1.29 is 18.3 Å². The molecule has 1 amide bonds. The molecule has 0 heterocycles. The summed E-state index contributed by atoms with van der Waals surface area (Å²) in [7, 11) is 0. The first kappa shape index (κ1) is 17.7. The molecule has 0 aromatic heterocycles. The van der Waals surface area contributed by atoms with Gasteiger partial charge in [0.2, 0.25) is 5.91 Å². The average Bonchev–Trinajstić information content (AvgIpc) is 2.35. The molecule has 0 radical (unpaired) electrons. The maximum atomic E-state index is 12.3. The van der Waals surface area contributed by atoms with Crippen LogP contribution in [0.15, 0.2) is 24.3 Å². The Morgan fingerprint density at radius 2 is 2.00 bits per heavy atom. The van der Waals surface area contributed by atoms with Crippen molar-refractivity contribution in [3.63, 3.8) is 0 Å². The molecule has 2 rings (SSSR count). The van der Waals surface area contributed by atoms with Gasteiger partial charge in [-0.05, 0) is 32.3 Å². The lowest BCUT2D eigenvalue weighted by atomic mass is 9.77. The number of nitrogens with one attached hydrogen (secondary N) is 1. The molecule has 0 spiro atoms.